The van der Waals surface area contributed by atoms with E-state index < -0.39 is 11.2 Å². The van der Waals surface area contributed by atoms with Gasteiger partial charge in [0.2, 0.25) is 0 Å². The van der Waals surface area contributed by atoms with Crippen LogP contribution in [0.2, 0.25) is 0 Å². The van der Waals surface area contributed by atoms with E-state index in [0.717, 1.165) is 10.4 Å². The number of carbonyl (C=O) groups excluding carboxylic acids is 1. The zero-order valence-electron chi connectivity index (χ0n) is 16.4. The summed E-state index contributed by atoms with van der Waals surface area (Å²) >= 11 is 4.15. The fourth-order valence-electron chi connectivity index (χ4n) is 2.86. The minimum Gasteiger partial charge on any atom is -0.458 e. The van der Waals surface area contributed by atoms with Gasteiger partial charge in [-0.05, 0) is 26.3 Å². The summed E-state index contributed by atoms with van der Waals surface area (Å²) in [4.78, 5) is 50.6. The summed E-state index contributed by atoms with van der Waals surface area (Å²) in [5.74, 6) is 0.480. The lowest BCUT2D eigenvalue weighted by atomic mass is 10.2. The maximum atomic E-state index is 12.3. The first-order valence-electron chi connectivity index (χ1n) is 9.06. The Morgan fingerprint density at radius 1 is 1.33 bits per heavy atom. The number of hydrogen-bond acceptors (Lipinski definition) is 9. The number of ether oxygens (including phenoxy) is 1. The molecule has 8 nitrogen and oxygen atoms in total. The molecular formula is C19H18N4O4S3. The van der Waals surface area contributed by atoms with Crippen molar-refractivity contribution >= 4 is 55.6 Å². The van der Waals surface area contributed by atoms with Crippen molar-refractivity contribution in [2.45, 2.75) is 38.4 Å². The second-order valence-corrected chi connectivity index (χ2v) is 10.1. The van der Waals surface area contributed by atoms with Gasteiger partial charge in [-0.2, -0.15) is 0 Å². The van der Waals surface area contributed by atoms with Crippen molar-refractivity contribution in [1.82, 2.24) is 19.4 Å². The smallest absolute Gasteiger partial charge is 0.319 e. The topological polar surface area (TPSA) is 106 Å². The van der Waals surface area contributed by atoms with Crippen LogP contribution in [0.15, 0.2) is 27.2 Å². The van der Waals surface area contributed by atoms with Gasteiger partial charge in [-0.3, -0.25) is 18.8 Å². The van der Waals surface area contributed by atoms with Crippen molar-refractivity contribution < 1.29 is 9.53 Å². The molecule has 0 saturated heterocycles. The first-order valence-corrected chi connectivity index (χ1v) is 11.8. The highest BCUT2D eigenvalue weighted by molar-refractivity contribution is 7.99. The lowest BCUT2D eigenvalue weighted by Gasteiger charge is -2.11. The van der Waals surface area contributed by atoms with Crippen LogP contribution in [0.5, 0.6) is 0 Å². The quantitative estimate of drug-likeness (QED) is 0.439. The minimum absolute atomic E-state index is 0.0673. The van der Waals surface area contributed by atoms with E-state index in [9.17, 15) is 14.4 Å². The molecule has 0 radical (unpaired) electrons. The van der Waals surface area contributed by atoms with Crippen LogP contribution in [0.4, 0.5) is 0 Å². The molecule has 0 fully saturated rings. The van der Waals surface area contributed by atoms with E-state index in [0.29, 0.717) is 32.4 Å². The number of thiophene rings is 1. The molecule has 0 spiro atoms. The summed E-state index contributed by atoms with van der Waals surface area (Å²) in [6.45, 7) is 5.54. The van der Waals surface area contributed by atoms with Crippen molar-refractivity contribution in [2.24, 2.45) is 0 Å². The fraction of sp³-hybridized carbons (Fsp3) is 0.316. The van der Waals surface area contributed by atoms with Gasteiger partial charge < -0.3 is 9.72 Å². The molecule has 0 bridgehead atoms. The summed E-state index contributed by atoms with van der Waals surface area (Å²) < 4.78 is 6.76. The Kier molecular flexibility index (Phi) is 5.76. The maximum absolute atomic E-state index is 12.3. The standard InChI is InChI=1S/C19H18N4O4S3/c1-9-10(2)30-17-15(9)16(25)21-13(22-17)8-29-11(3)18(26)27-7-12-6-14(24)23-4-5-28-19(23)20-12/h4-6,11H,7-8H2,1-3H3,(H,21,22,25). The Hall–Kier alpha value is -2.50. The highest BCUT2D eigenvalue weighted by Gasteiger charge is 2.18. The highest BCUT2D eigenvalue weighted by Crippen LogP contribution is 2.26. The van der Waals surface area contributed by atoms with Gasteiger partial charge in [0.15, 0.2) is 4.96 Å². The van der Waals surface area contributed by atoms with Crippen LogP contribution in [0, 0.1) is 13.8 Å². The number of nitrogens with zero attached hydrogens (tertiary/aromatic N) is 3. The van der Waals surface area contributed by atoms with Gasteiger partial charge >= 0.3 is 5.97 Å². The van der Waals surface area contributed by atoms with Gasteiger partial charge in [0, 0.05) is 22.5 Å². The molecule has 0 aliphatic heterocycles. The molecule has 1 N–H and O–H groups in total. The number of H-pyrrole nitrogens is 1. The number of hydrogen-bond donors (Lipinski definition) is 1. The van der Waals surface area contributed by atoms with Crippen LogP contribution in [0.25, 0.3) is 15.2 Å². The molecule has 4 aromatic heterocycles. The number of fused-ring (bicyclic) bond motifs is 2. The summed E-state index contributed by atoms with van der Waals surface area (Å²) in [7, 11) is 0. The molecule has 1 atom stereocenters. The third-order valence-electron chi connectivity index (χ3n) is 4.61. The number of thioether (sulfide) groups is 1. The number of nitrogens with one attached hydrogen (secondary N) is 1. The average Bonchev–Trinajstić information content (AvgIpc) is 3.29. The van der Waals surface area contributed by atoms with Crippen LogP contribution < -0.4 is 11.1 Å². The average molecular weight is 463 g/mol. The second kappa shape index (κ2) is 8.32. The lowest BCUT2D eigenvalue weighted by molar-refractivity contribution is -0.144. The predicted octanol–water partition coefficient (Wildman–Crippen LogP) is 3.04. The third kappa shape index (κ3) is 4.05. The molecular weight excluding hydrogens is 444 g/mol. The van der Waals surface area contributed by atoms with Crippen LogP contribution >= 0.6 is 34.4 Å². The first kappa shape index (κ1) is 20.8. The van der Waals surface area contributed by atoms with Crippen molar-refractivity contribution in [2.75, 3.05) is 0 Å². The van der Waals surface area contributed by atoms with Crippen molar-refractivity contribution in [3.8, 4) is 0 Å². The highest BCUT2D eigenvalue weighted by atomic mass is 32.2. The summed E-state index contributed by atoms with van der Waals surface area (Å²) in [5, 5.41) is 1.93. The van der Waals surface area contributed by atoms with E-state index >= 15 is 0 Å². The van der Waals surface area contributed by atoms with E-state index in [1.807, 2.05) is 13.8 Å². The molecule has 0 aliphatic carbocycles. The molecule has 0 aromatic carbocycles. The Morgan fingerprint density at radius 2 is 2.13 bits per heavy atom. The van der Waals surface area contributed by atoms with Crippen LogP contribution in [0.3, 0.4) is 0 Å². The van der Waals surface area contributed by atoms with Gasteiger partial charge in [0.25, 0.3) is 11.1 Å². The van der Waals surface area contributed by atoms with Crippen molar-refractivity contribution in [3.05, 3.63) is 60.3 Å². The fourth-order valence-corrected chi connectivity index (χ4v) is 5.40. The molecule has 4 heterocycles. The number of rotatable bonds is 6. The Labute approximate surface area is 183 Å². The molecule has 4 aromatic rings. The Bertz CT molecular complexity index is 1370. The molecule has 30 heavy (non-hydrogen) atoms. The Balaban J connectivity index is 1.38. The number of aryl methyl sites for hydroxylation is 2. The van der Waals surface area contributed by atoms with Gasteiger partial charge in [0.05, 0.1) is 16.8 Å². The lowest BCUT2D eigenvalue weighted by Crippen LogP contribution is -2.19. The molecule has 156 valence electrons. The molecule has 4 rings (SSSR count). The predicted molar refractivity (Wildman–Crippen MR) is 120 cm³/mol. The molecule has 1 unspecified atom stereocenters. The zero-order chi connectivity index (χ0) is 21.4. The van der Waals surface area contributed by atoms with Crippen LogP contribution in [-0.4, -0.2) is 30.6 Å². The van der Waals surface area contributed by atoms with E-state index in [-0.39, 0.29) is 17.7 Å². The SMILES string of the molecule is Cc1sc2nc(CSC(C)C(=O)OCc3cc(=O)n4ccsc4n3)[nH]c(=O)c2c1C. The summed E-state index contributed by atoms with van der Waals surface area (Å²) in [5.41, 5.74) is 0.995. The second-order valence-electron chi connectivity index (χ2n) is 6.68. The van der Waals surface area contributed by atoms with E-state index in [1.54, 1.807) is 18.5 Å². The Morgan fingerprint density at radius 3 is 2.93 bits per heavy atom. The van der Waals surface area contributed by atoms with Gasteiger partial charge in [0.1, 0.15) is 22.5 Å². The van der Waals surface area contributed by atoms with Crippen LogP contribution in [-0.2, 0) is 21.9 Å². The number of aromatic amines is 1. The minimum atomic E-state index is -0.468. The largest absolute Gasteiger partial charge is 0.458 e. The van der Waals surface area contributed by atoms with Gasteiger partial charge in [-0.1, -0.05) is 0 Å². The third-order valence-corrected chi connectivity index (χ3v) is 7.60. The van der Waals surface area contributed by atoms with Crippen LogP contribution in [0.1, 0.15) is 28.9 Å². The van der Waals surface area contributed by atoms with Gasteiger partial charge in [-0.15, -0.1) is 34.4 Å². The summed E-state index contributed by atoms with van der Waals surface area (Å²) in [6, 6.07) is 1.36. The molecule has 0 amide bonds. The number of aromatic nitrogens is 4. The van der Waals surface area contributed by atoms with Crippen molar-refractivity contribution in [1.29, 1.82) is 0 Å². The monoisotopic (exact) mass is 462 g/mol. The number of esters is 1. The van der Waals surface area contributed by atoms with Gasteiger partial charge in [-0.25, -0.2) is 9.97 Å². The van der Waals surface area contributed by atoms with E-state index in [2.05, 4.69) is 15.0 Å². The van der Waals surface area contributed by atoms with Crippen molar-refractivity contribution in [3.63, 3.8) is 0 Å². The molecule has 0 saturated carbocycles. The zero-order valence-corrected chi connectivity index (χ0v) is 18.9. The number of thiazole rings is 1. The molecule has 0 aliphatic rings. The van der Waals surface area contributed by atoms with E-state index in [1.165, 1.54) is 44.9 Å². The van der Waals surface area contributed by atoms with E-state index in [4.69, 9.17) is 4.74 Å². The maximum Gasteiger partial charge on any atom is 0.319 e. The number of carbonyl (C=O) groups is 1. The normalized spacial score (nSPS) is 12.5. The first-order chi connectivity index (χ1) is 14.3. The molecule has 11 heteroatoms. The summed E-state index contributed by atoms with van der Waals surface area (Å²) in [6.07, 6.45) is 1.65.